The van der Waals surface area contributed by atoms with Crippen LogP contribution in [0.2, 0.25) is 0 Å². The van der Waals surface area contributed by atoms with Crippen LogP contribution in [0.15, 0.2) is 11.6 Å². The third-order valence-electron chi connectivity index (χ3n) is 3.66. The van der Waals surface area contributed by atoms with Gasteiger partial charge in [0.15, 0.2) is 0 Å². The molecule has 1 aliphatic heterocycles. The molecule has 0 spiro atoms. The van der Waals surface area contributed by atoms with E-state index in [2.05, 4.69) is 22.5 Å². The molecule has 2 unspecified atom stereocenters. The fourth-order valence-corrected chi connectivity index (χ4v) is 3.12. The highest BCUT2D eigenvalue weighted by Crippen LogP contribution is 2.17. The fraction of sp³-hybridized carbons (Fsp3) is 0.714. The monoisotopic (exact) mass is 281 g/mol. The lowest BCUT2D eigenvalue weighted by molar-refractivity contribution is -0.121. The van der Waals surface area contributed by atoms with E-state index < -0.39 is 0 Å². The Bertz CT molecular complexity index is 374. The van der Waals surface area contributed by atoms with Crippen molar-refractivity contribution in [2.45, 2.75) is 38.5 Å². The Morgan fingerprint density at radius 1 is 1.68 bits per heavy atom. The summed E-state index contributed by atoms with van der Waals surface area (Å²) in [6.45, 7) is 5.00. The zero-order valence-electron chi connectivity index (χ0n) is 11.5. The fourth-order valence-electron chi connectivity index (χ4n) is 2.43. The molecule has 0 aromatic carbocycles. The molecular formula is C14H23N3OS. The summed E-state index contributed by atoms with van der Waals surface area (Å²) < 4.78 is 0. The molecule has 19 heavy (non-hydrogen) atoms. The zero-order chi connectivity index (χ0) is 13.5. The standard InChI is InChI=1S/C14H23N3OS/c1-11(14-16-7-8-19-14)9-17-13(18)5-4-12-3-2-6-15-10-12/h7-8,11-12,15H,2-6,9-10H2,1H3,(H,17,18). The van der Waals surface area contributed by atoms with Crippen LogP contribution in [-0.4, -0.2) is 30.5 Å². The molecule has 0 aliphatic carbocycles. The lowest BCUT2D eigenvalue weighted by Gasteiger charge is -2.22. The molecule has 1 amide bonds. The second-order valence-corrected chi connectivity index (χ2v) is 6.25. The number of thiazole rings is 1. The van der Waals surface area contributed by atoms with Crippen molar-refractivity contribution in [2.75, 3.05) is 19.6 Å². The van der Waals surface area contributed by atoms with Crippen molar-refractivity contribution in [3.05, 3.63) is 16.6 Å². The van der Waals surface area contributed by atoms with E-state index in [1.165, 1.54) is 12.8 Å². The second kappa shape index (κ2) is 7.60. The number of aromatic nitrogens is 1. The van der Waals surface area contributed by atoms with Crippen molar-refractivity contribution in [1.82, 2.24) is 15.6 Å². The first kappa shape index (κ1) is 14.5. The van der Waals surface area contributed by atoms with Crippen LogP contribution < -0.4 is 10.6 Å². The Morgan fingerprint density at radius 2 is 2.58 bits per heavy atom. The maximum Gasteiger partial charge on any atom is 0.220 e. The number of nitrogens with zero attached hydrogens (tertiary/aromatic N) is 1. The number of amides is 1. The van der Waals surface area contributed by atoms with Gasteiger partial charge in [0.05, 0.1) is 5.01 Å². The molecule has 2 atom stereocenters. The van der Waals surface area contributed by atoms with Crippen LogP contribution in [0.1, 0.15) is 43.5 Å². The first-order valence-corrected chi connectivity index (χ1v) is 8.00. The van der Waals surface area contributed by atoms with Gasteiger partial charge in [-0.2, -0.15) is 0 Å². The van der Waals surface area contributed by atoms with Gasteiger partial charge in [0.2, 0.25) is 5.91 Å². The van der Waals surface area contributed by atoms with Crippen LogP contribution in [0.3, 0.4) is 0 Å². The molecule has 4 nitrogen and oxygen atoms in total. The molecule has 0 saturated carbocycles. The maximum atomic E-state index is 11.8. The zero-order valence-corrected chi connectivity index (χ0v) is 12.3. The maximum absolute atomic E-state index is 11.8. The summed E-state index contributed by atoms with van der Waals surface area (Å²) in [5, 5.41) is 9.48. The van der Waals surface area contributed by atoms with Crippen molar-refractivity contribution in [2.24, 2.45) is 5.92 Å². The molecule has 1 aromatic heterocycles. The number of rotatable bonds is 6. The molecule has 0 radical (unpaired) electrons. The van der Waals surface area contributed by atoms with Crippen molar-refractivity contribution in [3.8, 4) is 0 Å². The first-order valence-electron chi connectivity index (χ1n) is 7.12. The third-order valence-corrected chi connectivity index (χ3v) is 4.66. The Kier molecular flexibility index (Phi) is 5.79. The van der Waals surface area contributed by atoms with Crippen molar-refractivity contribution in [3.63, 3.8) is 0 Å². The Hall–Kier alpha value is -0.940. The van der Waals surface area contributed by atoms with Gasteiger partial charge in [-0.3, -0.25) is 4.79 Å². The minimum absolute atomic E-state index is 0.175. The average molecular weight is 281 g/mol. The smallest absolute Gasteiger partial charge is 0.220 e. The highest BCUT2D eigenvalue weighted by molar-refractivity contribution is 7.09. The Balaban J connectivity index is 1.61. The van der Waals surface area contributed by atoms with E-state index >= 15 is 0 Å². The average Bonchev–Trinajstić information content (AvgIpc) is 2.98. The van der Waals surface area contributed by atoms with Gasteiger partial charge in [-0.1, -0.05) is 6.92 Å². The molecule has 2 N–H and O–H groups in total. The summed E-state index contributed by atoms with van der Waals surface area (Å²) in [5.41, 5.74) is 0. The van der Waals surface area contributed by atoms with Crippen molar-refractivity contribution >= 4 is 17.2 Å². The molecular weight excluding hydrogens is 258 g/mol. The summed E-state index contributed by atoms with van der Waals surface area (Å²) in [4.78, 5) is 16.1. The molecule has 1 saturated heterocycles. The molecule has 2 rings (SSSR count). The number of carbonyl (C=O) groups excluding carboxylic acids is 1. The largest absolute Gasteiger partial charge is 0.355 e. The van der Waals surface area contributed by atoms with Crippen LogP contribution in [-0.2, 0) is 4.79 Å². The molecule has 1 aromatic rings. The predicted molar refractivity (Wildman–Crippen MR) is 78.4 cm³/mol. The van der Waals surface area contributed by atoms with E-state index in [-0.39, 0.29) is 5.91 Å². The van der Waals surface area contributed by atoms with Crippen LogP contribution in [0.5, 0.6) is 0 Å². The van der Waals surface area contributed by atoms with Gasteiger partial charge < -0.3 is 10.6 Å². The number of hydrogen-bond donors (Lipinski definition) is 2. The summed E-state index contributed by atoms with van der Waals surface area (Å²) in [6, 6.07) is 0. The number of nitrogens with one attached hydrogen (secondary N) is 2. The molecule has 106 valence electrons. The molecule has 1 aliphatic rings. The highest BCUT2D eigenvalue weighted by atomic mass is 32.1. The molecule has 1 fully saturated rings. The second-order valence-electron chi connectivity index (χ2n) is 5.33. The van der Waals surface area contributed by atoms with Gasteiger partial charge in [0.1, 0.15) is 0 Å². The number of piperidine rings is 1. The van der Waals surface area contributed by atoms with E-state index in [0.29, 0.717) is 24.8 Å². The third kappa shape index (κ3) is 4.91. The first-order chi connectivity index (χ1) is 9.25. The minimum Gasteiger partial charge on any atom is -0.355 e. The summed E-state index contributed by atoms with van der Waals surface area (Å²) in [5.74, 6) is 1.16. The van der Waals surface area contributed by atoms with Crippen molar-refractivity contribution in [1.29, 1.82) is 0 Å². The van der Waals surface area contributed by atoms with E-state index in [9.17, 15) is 4.79 Å². The van der Waals surface area contributed by atoms with Crippen LogP contribution in [0.4, 0.5) is 0 Å². The minimum atomic E-state index is 0.175. The van der Waals surface area contributed by atoms with Gasteiger partial charge in [-0.25, -0.2) is 4.98 Å². The van der Waals surface area contributed by atoms with Gasteiger partial charge in [-0.15, -0.1) is 11.3 Å². The van der Waals surface area contributed by atoms with Crippen LogP contribution in [0.25, 0.3) is 0 Å². The van der Waals surface area contributed by atoms with Crippen LogP contribution >= 0.6 is 11.3 Å². The Labute approximate surface area is 119 Å². The van der Waals surface area contributed by atoms with Crippen LogP contribution in [0, 0.1) is 5.92 Å². The quantitative estimate of drug-likeness (QED) is 0.840. The Morgan fingerprint density at radius 3 is 3.26 bits per heavy atom. The topological polar surface area (TPSA) is 54.0 Å². The highest BCUT2D eigenvalue weighted by Gasteiger charge is 2.15. The van der Waals surface area contributed by atoms with E-state index in [4.69, 9.17) is 0 Å². The predicted octanol–water partition coefficient (Wildman–Crippen LogP) is 2.14. The molecule has 2 heterocycles. The molecule has 5 heteroatoms. The summed E-state index contributed by atoms with van der Waals surface area (Å²) in [6.07, 6.45) is 5.97. The summed E-state index contributed by atoms with van der Waals surface area (Å²) in [7, 11) is 0. The lowest BCUT2D eigenvalue weighted by Crippen LogP contribution is -2.32. The van der Waals surface area contributed by atoms with E-state index in [0.717, 1.165) is 24.5 Å². The van der Waals surface area contributed by atoms with Crippen molar-refractivity contribution < 1.29 is 4.79 Å². The number of carbonyl (C=O) groups is 1. The molecule has 0 bridgehead atoms. The summed E-state index contributed by atoms with van der Waals surface area (Å²) >= 11 is 1.65. The van der Waals surface area contributed by atoms with Gasteiger partial charge in [0, 0.05) is 30.5 Å². The van der Waals surface area contributed by atoms with Gasteiger partial charge >= 0.3 is 0 Å². The van der Waals surface area contributed by atoms with E-state index in [1.807, 2.05) is 11.6 Å². The van der Waals surface area contributed by atoms with Gasteiger partial charge in [-0.05, 0) is 38.3 Å². The number of hydrogen-bond acceptors (Lipinski definition) is 4. The lowest BCUT2D eigenvalue weighted by atomic mass is 9.94. The van der Waals surface area contributed by atoms with E-state index in [1.54, 1.807) is 11.3 Å². The SMILES string of the molecule is CC(CNC(=O)CCC1CCCNC1)c1nccs1. The normalized spacial score (nSPS) is 21.0. The van der Waals surface area contributed by atoms with Gasteiger partial charge in [0.25, 0.3) is 0 Å².